The fourth-order valence-corrected chi connectivity index (χ4v) is 2.45. The summed E-state index contributed by atoms with van der Waals surface area (Å²) >= 11 is 6.10. The molecule has 1 aromatic rings. The van der Waals surface area contributed by atoms with E-state index in [2.05, 4.69) is 5.10 Å². The number of nitrogens with zero attached hydrogens (tertiary/aromatic N) is 2. The number of hydrogen-bond donors (Lipinski definition) is 0. The van der Waals surface area contributed by atoms with Gasteiger partial charge in [-0.2, -0.15) is 5.10 Å². The third-order valence-corrected chi connectivity index (χ3v) is 3.66. The number of halogens is 1. The SMILES string of the molecule is Cc1nn(C)c(Cl)c1CC(=O)CC1CCOC1. The van der Waals surface area contributed by atoms with E-state index in [9.17, 15) is 4.79 Å². The molecule has 1 saturated heterocycles. The molecule has 1 aliphatic rings. The van der Waals surface area contributed by atoms with Gasteiger partial charge in [0, 0.05) is 38.7 Å². The monoisotopic (exact) mass is 256 g/mol. The van der Waals surface area contributed by atoms with E-state index in [1.165, 1.54) is 0 Å². The summed E-state index contributed by atoms with van der Waals surface area (Å²) in [7, 11) is 1.79. The van der Waals surface area contributed by atoms with Gasteiger partial charge in [0.2, 0.25) is 0 Å². The first-order chi connectivity index (χ1) is 8.08. The first kappa shape index (κ1) is 12.6. The van der Waals surface area contributed by atoms with Crippen LogP contribution in [0.1, 0.15) is 24.1 Å². The molecule has 0 spiro atoms. The van der Waals surface area contributed by atoms with E-state index >= 15 is 0 Å². The van der Waals surface area contributed by atoms with Crippen molar-refractivity contribution >= 4 is 17.4 Å². The number of carbonyl (C=O) groups excluding carboxylic acids is 1. The van der Waals surface area contributed by atoms with Crippen LogP contribution >= 0.6 is 11.6 Å². The Morgan fingerprint density at radius 3 is 2.94 bits per heavy atom. The summed E-state index contributed by atoms with van der Waals surface area (Å²) in [5, 5.41) is 4.77. The zero-order chi connectivity index (χ0) is 12.4. The van der Waals surface area contributed by atoms with Crippen LogP contribution in [0.5, 0.6) is 0 Å². The summed E-state index contributed by atoms with van der Waals surface area (Å²) in [5.74, 6) is 0.608. The van der Waals surface area contributed by atoms with Crippen molar-refractivity contribution < 1.29 is 9.53 Å². The van der Waals surface area contributed by atoms with Gasteiger partial charge in [0.05, 0.1) is 5.69 Å². The lowest BCUT2D eigenvalue weighted by molar-refractivity contribution is -0.119. The fourth-order valence-electron chi connectivity index (χ4n) is 2.21. The molecule has 0 bridgehead atoms. The second-order valence-corrected chi connectivity index (χ2v) is 4.99. The van der Waals surface area contributed by atoms with E-state index in [4.69, 9.17) is 16.3 Å². The first-order valence-electron chi connectivity index (χ1n) is 5.85. The number of carbonyl (C=O) groups is 1. The van der Waals surface area contributed by atoms with Crippen LogP contribution in [0.4, 0.5) is 0 Å². The minimum Gasteiger partial charge on any atom is -0.381 e. The maximum absolute atomic E-state index is 11.9. The largest absolute Gasteiger partial charge is 0.381 e. The number of ketones is 1. The molecule has 2 heterocycles. The Hall–Kier alpha value is -0.870. The zero-order valence-corrected chi connectivity index (χ0v) is 11.0. The van der Waals surface area contributed by atoms with Gasteiger partial charge in [-0.3, -0.25) is 9.48 Å². The van der Waals surface area contributed by atoms with Gasteiger partial charge in [0.25, 0.3) is 0 Å². The lowest BCUT2D eigenvalue weighted by Gasteiger charge is -2.06. The van der Waals surface area contributed by atoms with E-state index < -0.39 is 0 Å². The molecule has 17 heavy (non-hydrogen) atoms. The van der Waals surface area contributed by atoms with Gasteiger partial charge in [0.1, 0.15) is 10.9 Å². The summed E-state index contributed by atoms with van der Waals surface area (Å²) in [5.41, 5.74) is 1.70. The van der Waals surface area contributed by atoms with Crippen LogP contribution in [-0.2, 0) is 23.0 Å². The summed E-state index contributed by atoms with van der Waals surface area (Å²) in [6, 6.07) is 0. The lowest BCUT2D eigenvalue weighted by atomic mass is 9.98. The van der Waals surface area contributed by atoms with Crippen LogP contribution in [0.2, 0.25) is 5.15 Å². The summed E-state index contributed by atoms with van der Waals surface area (Å²) in [6.45, 7) is 3.38. The Bertz CT molecular complexity index is 422. The molecule has 0 aromatic carbocycles. The zero-order valence-electron chi connectivity index (χ0n) is 10.2. The molecule has 0 amide bonds. The van der Waals surface area contributed by atoms with Gasteiger partial charge >= 0.3 is 0 Å². The highest BCUT2D eigenvalue weighted by Crippen LogP contribution is 2.22. The highest BCUT2D eigenvalue weighted by Gasteiger charge is 2.21. The Labute approximate surface area is 106 Å². The molecule has 1 aromatic heterocycles. The van der Waals surface area contributed by atoms with Crippen LogP contribution in [0.15, 0.2) is 0 Å². The number of hydrogen-bond acceptors (Lipinski definition) is 3. The minimum atomic E-state index is 0.221. The molecule has 0 N–H and O–H groups in total. The average molecular weight is 257 g/mol. The Morgan fingerprint density at radius 1 is 1.65 bits per heavy atom. The van der Waals surface area contributed by atoms with E-state index in [0.717, 1.165) is 24.3 Å². The van der Waals surface area contributed by atoms with Gasteiger partial charge in [0.15, 0.2) is 0 Å². The Kier molecular flexibility index (Phi) is 3.84. The molecule has 0 radical (unpaired) electrons. The molecule has 1 atom stereocenters. The quantitative estimate of drug-likeness (QED) is 0.827. The molecule has 1 fully saturated rings. The van der Waals surface area contributed by atoms with Crippen LogP contribution in [0.25, 0.3) is 0 Å². The number of ether oxygens (including phenoxy) is 1. The predicted molar refractivity (Wildman–Crippen MR) is 65.2 cm³/mol. The van der Waals surface area contributed by atoms with Crippen molar-refractivity contribution in [2.45, 2.75) is 26.2 Å². The molecule has 0 aliphatic carbocycles. The molecule has 0 saturated carbocycles. The third kappa shape index (κ3) is 2.87. The molecule has 4 nitrogen and oxygen atoms in total. The maximum atomic E-state index is 11.9. The first-order valence-corrected chi connectivity index (χ1v) is 6.23. The summed E-state index contributed by atoms with van der Waals surface area (Å²) in [6.07, 6.45) is 1.96. The van der Waals surface area contributed by atoms with Crippen LogP contribution in [-0.4, -0.2) is 28.8 Å². The van der Waals surface area contributed by atoms with Gasteiger partial charge < -0.3 is 4.74 Å². The normalized spacial score (nSPS) is 19.8. The molecule has 2 rings (SSSR count). The highest BCUT2D eigenvalue weighted by molar-refractivity contribution is 6.30. The van der Waals surface area contributed by atoms with Gasteiger partial charge in [-0.15, -0.1) is 0 Å². The van der Waals surface area contributed by atoms with Crippen molar-refractivity contribution in [1.82, 2.24) is 9.78 Å². The second kappa shape index (κ2) is 5.19. The Morgan fingerprint density at radius 2 is 2.41 bits per heavy atom. The highest BCUT2D eigenvalue weighted by atomic mass is 35.5. The fraction of sp³-hybridized carbons (Fsp3) is 0.667. The summed E-state index contributed by atoms with van der Waals surface area (Å²) in [4.78, 5) is 11.9. The minimum absolute atomic E-state index is 0.221. The van der Waals surface area contributed by atoms with Crippen LogP contribution < -0.4 is 0 Å². The van der Waals surface area contributed by atoms with Crippen molar-refractivity contribution in [2.24, 2.45) is 13.0 Å². The molecule has 1 unspecified atom stereocenters. The van der Waals surface area contributed by atoms with Gasteiger partial charge in [-0.1, -0.05) is 11.6 Å². The third-order valence-electron chi connectivity index (χ3n) is 3.18. The number of aryl methyl sites for hydroxylation is 2. The van der Waals surface area contributed by atoms with E-state index in [-0.39, 0.29) is 5.78 Å². The number of Topliss-reactive ketones (excluding diaryl/α,β-unsaturated/α-hetero) is 1. The van der Waals surface area contributed by atoms with Crippen molar-refractivity contribution in [1.29, 1.82) is 0 Å². The molecular weight excluding hydrogens is 240 g/mol. The van der Waals surface area contributed by atoms with Crippen molar-refractivity contribution in [2.75, 3.05) is 13.2 Å². The smallest absolute Gasteiger partial charge is 0.137 e. The van der Waals surface area contributed by atoms with Crippen LogP contribution in [0, 0.1) is 12.8 Å². The van der Waals surface area contributed by atoms with E-state index in [1.807, 2.05) is 6.92 Å². The van der Waals surface area contributed by atoms with Crippen molar-refractivity contribution in [3.63, 3.8) is 0 Å². The van der Waals surface area contributed by atoms with Crippen LogP contribution in [0.3, 0.4) is 0 Å². The van der Waals surface area contributed by atoms with E-state index in [1.54, 1.807) is 11.7 Å². The standard InChI is InChI=1S/C12H17ClN2O2/c1-8-11(12(13)15(2)14-8)6-10(16)5-9-3-4-17-7-9/h9H,3-7H2,1-2H3. The Balaban J connectivity index is 1.97. The van der Waals surface area contributed by atoms with E-state index in [0.29, 0.717) is 30.5 Å². The van der Waals surface area contributed by atoms with Crippen molar-refractivity contribution in [3.05, 3.63) is 16.4 Å². The molecule has 1 aliphatic heterocycles. The number of rotatable bonds is 4. The van der Waals surface area contributed by atoms with Crippen molar-refractivity contribution in [3.8, 4) is 0 Å². The second-order valence-electron chi connectivity index (χ2n) is 4.63. The molecule has 5 heteroatoms. The lowest BCUT2D eigenvalue weighted by Crippen LogP contribution is -2.11. The maximum Gasteiger partial charge on any atom is 0.137 e. The topological polar surface area (TPSA) is 44.1 Å². The predicted octanol–water partition coefficient (Wildman–Crippen LogP) is 1.92. The molecule has 94 valence electrons. The van der Waals surface area contributed by atoms with Gasteiger partial charge in [-0.25, -0.2) is 0 Å². The summed E-state index contributed by atoms with van der Waals surface area (Å²) < 4.78 is 6.87. The average Bonchev–Trinajstić information content (AvgIpc) is 2.83. The molecular formula is C12H17ClN2O2. The van der Waals surface area contributed by atoms with Gasteiger partial charge in [-0.05, 0) is 19.3 Å². The number of aromatic nitrogens is 2.